The lowest BCUT2D eigenvalue weighted by atomic mass is 10.2. The molecule has 1 saturated carbocycles. The highest BCUT2D eigenvalue weighted by molar-refractivity contribution is 7.93. The van der Waals surface area contributed by atoms with Gasteiger partial charge in [-0.2, -0.15) is 0 Å². The minimum atomic E-state index is -3.91. The Hall–Kier alpha value is -1.03. The molecule has 1 aliphatic carbocycles. The molecule has 2 aromatic carbocycles. The first-order chi connectivity index (χ1) is 15.9. The molecule has 2 aliphatic rings. The van der Waals surface area contributed by atoms with Gasteiger partial charge in [-0.15, -0.1) is 0 Å². The maximum Gasteiger partial charge on any atom is 0.264 e. The topological polar surface area (TPSA) is 74.8 Å². The van der Waals surface area contributed by atoms with Crippen LogP contribution in [-0.4, -0.2) is 58.4 Å². The van der Waals surface area contributed by atoms with Crippen molar-refractivity contribution in [3.05, 3.63) is 57.5 Å². The number of sulfone groups is 1. The number of anilines is 1. The first-order valence-corrected chi connectivity index (χ1v) is 15.7. The highest BCUT2D eigenvalue weighted by atomic mass is 35.5. The van der Waals surface area contributed by atoms with E-state index in [0.29, 0.717) is 28.6 Å². The zero-order chi connectivity index (χ0) is 24.7. The van der Waals surface area contributed by atoms with Crippen molar-refractivity contribution in [2.75, 3.05) is 30.2 Å². The van der Waals surface area contributed by atoms with Gasteiger partial charge in [0.25, 0.3) is 10.0 Å². The summed E-state index contributed by atoms with van der Waals surface area (Å²) >= 11 is 18.5. The van der Waals surface area contributed by atoms with E-state index in [1.807, 2.05) is 0 Å². The lowest BCUT2D eigenvalue weighted by Gasteiger charge is -2.28. The first-order valence-electron chi connectivity index (χ1n) is 11.1. The van der Waals surface area contributed by atoms with E-state index in [2.05, 4.69) is 4.90 Å². The summed E-state index contributed by atoms with van der Waals surface area (Å²) in [5.41, 5.74) is 0.0972. The Morgan fingerprint density at radius 3 is 2.32 bits per heavy atom. The zero-order valence-corrected chi connectivity index (χ0v) is 22.7. The summed E-state index contributed by atoms with van der Waals surface area (Å²) in [5, 5.41) is 0.831. The standard InChI is InChI=1S/C23H27Cl3N2O4S2/c1-33(29,30)22-16-23(22)11-4-13-27(23)12-2-3-14-28(21-15-18(25)7-10-20(21)26)34(31,32)19-8-5-17(24)6-9-19/h5-10,15,22H,2-4,11-14,16H2,1H3. The third-order valence-corrected chi connectivity index (χ3v) is 11.1. The van der Waals surface area contributed by atoms with Gasteiger partial charge in [0, 0.05) is 28.4 Å². The third kappa shape index (κ3) is 5.22. The maximum atomic E-state index is 13.5. The second-order valence-electron chi connectivity index (χ2n) is 9.05. The smallest absolute Gasteiger partial charge is 0.264 e. The van der Waals surface area contributed by atoms with Crippen molar-refractivity contribution in [2.24, 2.45) is 0 Å². The van der Waals surface area contributed by atoms with Crippen LogP contribution in [0, 0.1) is 0 Å². The van der Waals surface area contributed by atoms with Gasteiger partial charge >= 0.3 is 0 Å². The molecule has 0 bridgehead atoms. The fourth-order valence-corrected chi connectivity index (χ4v) is 8.77. The van der Waals surface area contributed by atoms with Crippen LogP contribution in [0.4, 0.5) is 5.69 Å². The number of benzene rings is 2. The Kier molecular flexibility index (Phi) is 7.50. The number of likely N-dealkylation sites (tertiary alicyclic amines) is 1. The molecule has 11 heteroatoms. The molecule has 1 spiro atoms. The molecular formula is C23H27Cl3N2O4S2. The molecule has 0 N–H and O–H groups in total. The lowest BCUT2D eigenvalue weighted by Crippen LogP contribution is -2.37. The van der Waals surface area contributed by atoms with Crippen molar-refractivity contribution in [1.29, 1.82) is 0 Å². The summed E-state index contributed by atoms with van der Waals surface area (Å²) in [7, 11) is -6.97. The highest BCUT2D eigenvalue weighted by Gasteiger charge is 2.64. The molecule has 1 saturated heterocycles. The van der Waals surface area contributed by atoms with E-state index in [1.165, 1.54) is 34.8 Å². The minimum absolute atomic E-state index is 0.111. The van der Waals surface area contributed by atoms with Crippen molar-refractivity contribution in [2.45, 2.75) is 47.8 Å². The van der Waals surface area contributed by atoms with Gasteiger partial charge in [0.2, 0.25) is 0 Å². The second kappa shape index (κ2) is 9.79. The second-order valence-corrected chi connectivity index (χ2v) is 14.4. The number of unbranched alkanes of at least 4 members (excludes halogenated alkanes) is 1. The van der Waals surface area contributed by atoms with E-state index in [4.69, 9.17) is 34.8 Å². The molecule has 34 heavy (non-hydrogen) atoms. The van der Waals surface area contributed by atoms with E-state index in [9.17, 15) is 16.8 Å². The SMILES string of the molecule is CS(=O)(=O)C1CC12CCCN2CCCCN(c1cc(Cl)ccc1Cl)S(=O)(=O)c1ccc(Cl)cc1. The van der Waals surface area contributed by atoms with Gasteiger partial charge in [-0.25, -0.2) is 16.8 Å². The van der Waals surface area contributed by atoms with E-state index in [1.54, 1.807) is 18.2 Å². The largest absolute Gasteiger partial charge is 0.296 e. The molecule has 186 valence electrons. The summed E-state index contributed by atoms with van der Waals surface area (Å²) in [6.45, 7) is 1.81. The van der Waals surface area contributed by atoms with Gasteiger partial charge in [-0.3, -0.25) is 9.21 Å². The molecule has 4 rings (SSSR count). The molecule has 2 unspecified atom stereocenters. The molecule has 2 aromatic rings. The van der Waals surface area contributed by atoms with Crippen molar-refractivity contribution in [1.82, 2.24) is 4.90 Å². The Morgan fingerprint density at radius 2 is 1.68 bits per heavy atom. The summed E-state index contributed by atoms with van der Waals surface area (Å²) in [6, 6.07) is 10.7. The molecule has 0 aromatic heterocycles. The fourth-order valence-electron chi connectivity index (χ4n) is 5.04. The van der Waals surface area contributed by atoms with Crippen molar-refractivity contribution in [3.8, 4) is 0 Å². The van der Waals surface area contributed by atoms with Gasteiger partial charge in [0.15, 0.2) is 9.84 Å². The Bertz CT molecular complexity index is 1270. The predicted molar refractivity (Wildman–Crippen MR) is 138 cm³/mol. The molecular weight excluding hydrogens is 539 g/mol. The van der Waals surface area contributed by atoms with Crippen LogP contribution in [0.1, 0.15) is 32.1 Å². The van der Waals surface area contributed by atoms with E-state index < -0.39 is 19.9 Å². The monoisotopic (exact) mass is 564 g/mol. The fraction of sp³-hybridized carbons (Fsp3) is 0.478. The van der Waals surface area contributed by atoms with Crippen LogP contribution in [0.15, 0.2) is 47.4 Å². The summed E-state index contributed by atoms with van der Waals surface area (Å²) in [5.74, 6) is 0. The van der Waals surface area contributed by atoms with Crippen LogP contribution in [0.2, 0.25) is 15.1 Å². The Balaban J connectivity index is 1.50. The van der Waals surface area contributed by atoms with Crippen LogP contribution in [0.3, 0.4) is 0 Å². The number of hydrogen-bond acceptors (Lipinski definition) is 5. The number of sulfonamides is 1. The summed E-state index contributed by atoms with van der Waals surface area (Å²) < 4.78 is 52.5. The average molecular weight is 566 g/mol. The van der Waals surface area contributed by atoms with Crippen LogP contribution < -0.4 is 4.31 Å². The average Bonchev–Trinajstić information content (AvgIpc) is 3.38. The maximum absolute atomic E-state index is 13.5. The molecule has 1 heterocycles. The highest BCUT2D eigenvalue weighted by Crippen LogP contribution is 2.53. The normalized spacial score (nSPS) is 22.9. The third-order valence-electron chi connectivity index (χ3n) is 6.78. The van der Waals surface area contributed by atoms with Gasteiger partial charge in [-0.1, -0.05) is 34.8 Å². The molecule has 2 atom stereocenters. The van der Waals surface area contributed by atoms with Gasteiger partial charge in [-0.05, 0) is 87.7 Å². The van der Waals surface area contributed by atoms with E-state index >= 15 is 0 Å². The molecule has 0 radical (unpaired) electrons. The van der Waals surface area contributed by atoms with Gasteiger partial charge < -0.3 is 0 Å². The van der Waals surface area contributed by atoms with Crippen molar-refractivity contribution < 1.29 is 16.8 Å². The Morgan fingerprint density at radius 1 is 1.00 bits per heavy atom. The van der Waals surface area contributed by atoms with Crippen LogP contribution in [-0.2, 0) is 19.9 Å². The zero-order valence-electron chi connectivity index (χ0n) is 18.8. The first kappa shape index (κ1) is 26.0. The van der Waals surface area contributed by atoms with E-state index in [0.717, 1.165) is 32.4 Å². The van der Waals surface area contributed by atoms with Gasteiger partial charge in [0.1, 0.15) is 0 Å². The number of rotatable bonds is 9. The predicted octanol–water partition coefficient (Wildman–Crippen LogP) is 5.27. The molecule has 6 nitrogen and oxygen atoms in total. The lowest BCUT2D eigenvalue weighted by molar-refractivity contribution is 0.232. The van der Waals surface area contributed by atoms with Crippen LogP contribution in [0.25, 0.3) is 0 Å². The van der Waals surface area contributed by atoms with Crippen molar-refractivity contribution >= 4 is 60.4 Å². The summed E-state index contributed by atoms with van der Waals surface area (Å²) in [4.78, 5) is 2.39. The van der Waals surface area contributed by atoms with Crippen LogP contribution in [0.5, 0.6) is 0 Å². The molecule has 2 fully saturated rings. The quantitative estimate of drug-likeness (QED) is 0.387. The molecule has 1 aliphatic heterocycles. The van der Waals surface area contributed by atoms with Gasteiger partial charge in [0.05, 0.1) is 20.9 Å². The van der Waals surface area contributed by atoms with Crippen LogP contribution >= 0.6 is 34.8 Å². The minimum Gasteiger partial charge on any atom is -0.296 e. The van der Waals surface area contributed by atoms with E-state index in [-0.39, 0.29) is 27.3 Å². The molecule has 0 amide bonds. The Labute approximate surface area is 216 Å². The summed E-state index contributed by atoms with van der Waals surface area (Å²) in [6.07, 6.45) is 5.20. The van der Waals surface area contributed by atoms with Crippen molar-refractivity contribution in [3.63, 3.8) is 0 Å². The number of hydrogen-bond donors (Lipinski definition) is 0. The number of halogens is 3. The number of nitrogens with zero attached hydrogens (tertiary/aromatic N) is 2.